The van der Waals surface area contributed by atoms with Crippen LogP contribution in [0.4, 0.5) is 11.4 Å². The predicted molar refractivity (Wildman–Crippen MR) is 81.4 cm³/mol. The smallest absolute Gasteiger partial charge is 0.276 e. The lowest BCUT2D eigenvalue weighted by Crippen LogP contribution is -2.47. The molecule has 0 aliphatic carbocycles. The maximum absolute atomic E-state index is 12.8. The molecule has 2 heterocycles. The van der Waals surface area contributed by atoms with Crippen LogP contribution in [0.3, 0.4) is 0 Å². The van der Waals surface area contributed by atoms with Gasteiger partial charge in [0.25, 0.3) is 5.91 Å². The Kier molecular flexibility index (Phi) is 3.70. The van der Waals surface area contributed by atoms with E-state index in [1.165, 1.54) is 0 Å². The highest BCUT2D eigenvalue weighted by molar-refractivity contribution is 6.06. The molecule has 112 valence electrons. The van der Waals surface area contributed by atoms with Gasteiger partial charge in [-0.05, 0) is 24.3 Å². The van der Waals surface area contributed by atoms with Gasteiger partial charge in [0.1, 0.15) is 5.70 Å². The van der Waals surface area contributed by atoms with Gasteiger partial charge < -0.3 is 26.0 Å². The Balaban J connectivity index is 1.86. The summed E-state index contributed by atoms with van der Waals surface area (Å²) in [6.07, 6.45) is 0.683. The third-order valence-corrected chi connectivity index (χ3v) is 3.89. The van der Waals surface area contributed by atoms with Crippen molar-refractivity contribution in [2.45, 2.75) is 6.42 Å². The number of morpholine rings is 1. The molecule has 1 fully saturated rings. The number of amides is 1. The molecule has 21 heavy (non-hydrogen) atoms. The summed E-state index contributed by atoms with van der Waals surface area (Å²) in [6.45, 7) is 3.27. The Morgan fingerprint density at radius 2 is 1.67 bits per heavy atom. The van der Waals surface area contributed by atoms with Crippen molar-refractivity contribution in [3.63, 3.8) is 0 Å². The zero-order valence-corrected chi connectivity index (χ0v) is 11.9. The minimum atomic E-state index is -0.0366. The standard InChI is InChI=1S/C15H20N4O2/c16-11-1-3-12(4-2-11)19-6-5-13(17)14(15(19)20)18-7-9-21-10-8-18/h1-4H,5-10,16-17H2. The Hall–Kier alpha value is -2.21. The summed E-state index contributed by atoms with van der Waals surface area (Å²) in [5.41, 5.74) is 14.6. The number of nitrogen functional groups attached to an aromatic ring is 1. The normalized spacial score (nSPS) is 20.1. The molecule has 0 aromatic heterocycles. The topological polar surface area (TPSA) is 84.8 Å². The number of benzene rings is 1. The van der Waals surface area contributed by atoms with Crippen molar-refractivity contribution < 1.29 is 9.53 Å². The zero-order valence-electron chi connectivity index (χ0n) is 11.9. The first-order valence-corrected chi connectivity index (χ1v) is 7.15. The molecule has 0 saturated carbocycles. The number of carbonyl (C=O) groups is 1. The summed E-state index contributed by atoms with van der Waals surface area (Å²) in [4.78, 5) is 16.6. The van der Waals surface area contributed by atoms with Gasteiger partial charge in [0.15, 0.2) is 0 Å². The Morgan fingerprint density at radius 1 is 1.00 bits per heavy atom. The van der Waals surface area contributed by atoms with Crippen LogP contribution in [0, 0.1) is 0 Å². The highest BCUT2D eigenvalue weighted by Gasteiger charge is 2.31. The molecule has 4 N–H and O–H groups in total. The van der Waals surface area contributed by atoms with Crippen molar-refractivity contribution in [1.29, 1.82) is 0 Å². The van der Waals surface area contributed by atoms with Crippen LogP contribution in [0.25, 0.3) is 0 Å². The number of nitrogens with zero attached hydrogens (tertiary/aromatic N) is 2. The molecule has 6 nitrogen and oxygen atoms in total. The number of nitrogens with two attached hydrogens (primary N) is 2. The lowest BCUT2D eigenvalue weighted by molar-refractivity contribution is -0.117. The van der Waals surface area contributed by atoms with E-state index in [-0.39, 0.29) is 5.91 Å². The van der Waals surface area contributed by atoms with Gasteiger partial charge in [-0.25, -0.2) is 0 Å². The van der Waals surface area contributed by atoms with Gasteiger partial charge in [-0.1, -0.05) is 0 Å². The van der Waals surface area contributed by atoms with Crippen molar-refractivity contribution in [3.05, 3.63) is 35.7 Å². The molecule has 1 amide bonds. The lowest BCUT2D eigenvalue weighted by Gasteiger charge is -2.37. The number of hydrogen-bond acceptors (Lipinski definition) is 5. The first-order chi connectivity index (χ1) is 10.2. The molecule has 0 spiro atoms. The van der Waals surface area contributed by atoms with E-state index in [2.05, 4.69) is 0 Å². The highest BCUT2D eigenvalue weighted by Crippen LogP contribution is 2.26. The van der Waals surface area contributed by atoms with E-state index in [0.717, 1.165) is 5.69 Å². The second-order valence-electron chi connectivity index (χ2n) is 5.27. The molecule has 3 rings (SSSR count). The fraction of sp³-hybridized carbons (Fsp3) is 0.400. The van der Waals surface area contributed by atoms with Gasteiger partial charge in [-0.3, -0.25) is 4.79 Å². The third-order valence-electron chi connectivity index (χ3n) is 3.89. The van der Waals surface area contributed by atoms with Crippen LogP contribution in [0.5, 0.6) is 0 Å². The van der Waals surface area contributed by atoms with E-state index in [9.17, 15) is 4.79 Å². The van der Waals surface area contributed by atoms with Crippen molar-refractivity contribution in [2.75, 3.05) is 43.5 Å². The quantitative estimate of drug-likeness (QED) is 0.775. The summed E-state index contributed by atoms with van der Waals surface area (Å²) in [7, 11) is 0. The van der Waals surface area contributed by atoms with Gasteiger partial charge >= 0.3 is 0 Å². The molecular formula is C15H20N4O2. The molecule has 0 unspecified atom stereocenters. The number of anilines is 2. The fourth-order valence-corrected chi connectivity index (χ4v) is 2.74. The minimum Gasteiger partial charge on any atom is -0.400 e. The summed E-state index contributed by atoms with van der Waals surface area (Å²) in [5, 5.41) is 0. The van der Waals surface area contributed by atoms with E-state index in [1.807, 2.05) is 17.0 Å². The van der Waals surface area contributed by atoms with E-state index in [0.29, 0.717) is 56.4 Å². The van der Waals surface area contributed by atoms with Crippen molar-refractivity contribution in [2.24, 2.45) is 5.73 Å². The summed E-state index contributed by atoms with van der Waals surface area (Å²) < 4.78 is 5.34. The van der Waals surface area contributed by atoms with E-state index in [4.69, 9.17) is 16.2 Å². The van der Waals surface area contributed by atoms with E-state index >= 15 is 0 Å². The average molecular weight is 288 g/mol. The Labute approximate surface area is 123 Å². The van der Waals surface area contributed by atoms with Crippen molar-refractivity contribution >= 4 is 17.3 Å². The molecule has 2 aliphatic rings. The molecule has 0 atom stereocenters. The number of rotatable bonds is 2. The molecule has 1 saturated heterocycles. The monoisotopic (exact) mass is 288 g/mol. The van der Waals surface area contributed by atoms with Crippen LogP contribution < -0.4 is 16.4 Å². The van der Waals surface area contributed by atoms with Crippen molar-refractivity contribution in [1.82, 2.24) is 4.90 Å². The van der Waals surface area contributed by atoms with Crippen LogP contribution >= 0.6 is 0 Å². The van der Waals surface area contributed by atoms with Crippen LogP contribution in [-0.4, -0.2) is 43.7 Å². The highest BCUT2D eigenvalue weighted by atomic mass is 16.5. The van der Waals surface area contributed by atoms with Gasteiger partial charge in [-0.15, -0.1) is 0 Å². The lowest BCUT2D eigenvalue weighted by atomic mass is 10.1. The molecular weight excluding hydrogens is 268 g/mol. The second kappa shape index (κ2) is 5.65. The summed E-state index contributed by atoms with van der Waals surface area (Å²) in [6, 6.07) is 7.34. The maximum atomic E-state index is 12.8. The average Bonchev–Trinajstić information content (AvgIpc) is 2.50. The molecule has 0 radical (unpaired) electrons. The summed E-state index contributed by atoms with van der Waals surface area (Å²) in [5.74, 6) is -0.0366. The molecule has 1 aromatic carbocycles. The van der Waals surface area contributed by atoms with Crippen molar-refractivity contribution in [3.8, 4) is 0 Å². The van der Waals surface area contributed by atoms with Gasteiger partial charge in [0.05, 0.1) is 13.2 Å². The molecule has 0 bridgehead atoms. The Bertz CT molecular complexity index is 562. The predicted octanol–water partition coefficient (Wildman–Crippen LogP) is 0.508. The third kappa shape index (κ3) is 2.67. The number of hydrogen-bond donors (Lipinski definition) is 2. The number of ether oxygens (including phenoxy) is 1. The van der Waals surface area contributed by atoms with Crippen LogP contribution in [0.1, 0.15) is 6.42 Å². The first kappa shape index (κ1) is 13.8. The van der Waals surface area contributed by atoms with Gasteiger partial charge in [0.2, 0.25) is 0 Å². The summed E-state index contributed by atoms with van der Waals surface area (Å²) >= 11 is 0. The van der Waals surface area contributed by atoms with Crippen LogP contribution in [0.15, 0.2) is 35.7 Å². The van der Waals surface area contributed by atoms with Crippen LogP contribution in [0.2, 0.25) is 0 Å². The molecule has 2 aliphatic heterocycles. The van der Waals surface area contributed by atoms with E-state index in [1.54, 1.807) is 17.0 Å². The van der Waals surface area contributed by atoms with Gasteiger partial charge in [0, 0.05) is 43.1 Å². The Morgan fingerprint density at radius 3 is 2.33 bits per heavy atom. The largest absolute Gasteiger partial charge is 0.400 e. The SMILES string of the molecule is NC1=C(N2CCOCC2)C(=O)N(c2ccc(N)cc2)CC1. The van der Waals surface area contributed by atoms with E-state index < -0.39 is 0 Å². The fourth-order valence-electron chi connectivity index (χ4n) is 2.74. The maximum Gasteiger partial charge on any atom is 0.276 e. The van der Waals surface area contributed by atoms with Crippen LogP contribution in [-0.2, 0) is 9.53 Å². The minimum absolute atomic E-state index is 0.0366. The zero-order chi connectivity index (χ0) is 14.8. The van der Waals surface area contributed by atoms with Gasteiger partial charge in [-0.2, -0.15) is 0 Å². The molecule has 6 heteroatoms. The number of carbonyl (C=O) groups excluding carboxylic acids is 1. The first-order valence-electron chi connectivity index (χ1n) is 7.15. The second-order valence-corrected chi connectivity index (χ2v) is 5.27. The molecule has 1 aromatic rings.